The minimum absolute atomic E-state index is 0.707. The zero-order valence-electron chi connectivity index (χ0n) is 15.8. The first-order valence-electron chi connectivity index (χ1n) is 9.02. The molecule has 0 aliphatic carbocycles. The number of aliphatic imine (C=N–C) groups is 1. The molecule has 6 nitrogen and oxygen atoms in total. The monoisotopic (exact) mass is 372 g/mol. The summed E-state index contributed by atoms with van der Waals surface area (Å²) < 4.78 is 0. The molecule has 2 N–H and O–H groups in total. The maximum atomic E-state index is 4.64. The van der Waals surface area contributed by atoms with E-state index in [1.54, 1.807) is 18.4 Å². The van der Waals surface area contributed by atoms with Crippen LogP contribution in [0.15, 0.2) is 34.8 Å². The smallest absolute Gasteiger partial charge is 0.191 e. The average molecular weight is 373 g/mol. The van der Waals surface area contributed by atoms with Crippen molar-refractivity contribution in [1.29, 1.82) is 0 Å². The normalized spacial score (nSPS) is 16.0. The number of nitrogens with zero attached hydrogens (tertiary/aromatic N) is 4. The molecule has 0 amide bonds. The number of piperazine rings is 1. The van der Waals surface area contributed by atoms with Crippen molar-refractivity contribution >= 4 is 23.1 Å². The summed E-state index contributed by atoms with van der Waals surface area (Å²) in [6.07, 6.45) is 1.88. The molecule has 2 aromatic heterocycles. The number of nitrogens with one attached hydrogen (secondary N) is 2. The molecule has 1 fully saturated rings. The van der Waals surface area contributed by atoms with Gasteiger partial charge in [-0.2, -0.15) is 0 Å². The van der Waals surface area contributed by atoms with Gasteiger partial charge in [0.2, 0.25) is 0 Å². The highest BCUT2D eigenvalue weighted by molar-refractivity contribution is 7.10. The van der Waals surface area contributed by atoms with Gasteiger partial charge in [-0.3, -0.25) is 4.99 Å². The molecule has 0 spiro atoms. The number of guanidine groups is 1. The molecule has 0 atom stereocenters. The standard InChI is InChI=1S/C19H28N6S/c1-15-6-12-26-17(15)14-23-19(20-2)22-13-16-5-4-7-21-18(16)25-10-8-24(3)9-11-25/h4-7,12H,8-11,13-14H2,1-3H3,(H2,20,22,23). The number of thiophene rings is 1. The highest BCUT2D eigenvalue weighted by Crippen LogP contribution is 2.18. The quantitative estimate of drug-likeness (QED) is 0.622. The largest absolute Gasteiger partial charge is 0.354 e. The fourth-order valence-corrected chi connectivity index (χ4v) is 3.87. The van der Waals surface area contributed by atoms with Crippen molar-refractivity contribution in [2.75, 3.05) is 45.2 Å². The van der Waals surface area contributed by atoms with Gasteiger partial charge in [0.05, 0.1) is 6.54 Å². The second-order valence-corrected chi connectivity index (χ2v) is 7.58. The van der Waals surface area contributed by atoms with Crippen molar-refractivity contribution in [2.24, 2.45) is 4.99 Å². The predicted molar refractivity (Wildman–Crippen MR) is 110 cm³/mol. The number of anilines is 1. The Kier molecular flexibility index (Phi) is 6.46. The second kappa shape index (κ2) is 9.00. The Balaban J connectivity index is 1.59. The molecular formula is C19H28N6S. The highest BCUT2D eigenvalue weighted by atomic mass is 32.1. The molecule has 0 radical (unpaired) electrons. The van der Waals surface area contributed by atoms with E-state index in [2.05, 4.69) is 61.9 Å². The molecule has 0 bridgehead atoms. The Morgan fingerprint density at radius 2 is 1.96 bits per heavy atom. The van der Waals surface area contributed by atoms with Crippen LogP contribution in [0.3, 0.4) is 0 Å². The van der Waals surface area contributed by atoms with Crippen LogP contribution in [0.2, 0.25) is 0 Å². The van der Waals surface area contributed by atoms with Gasteiger partial charge in [-0.05, 0) is 37.0 Å². The number of aromatic nitrogens is 1. The van der Waals surface area contributed by atoms with Gasteiger partial charge in [-0.15, -0.1) is 11.3 Å². The van der Waals surface area contributed by atoms with Gasteiger partial charge in [0.1, 0.15) is 5.82 Å². The molecule has 3 rings (SSSR count). The Morgan fingerprint density at radius 1 is 1.19 bits per heavy atom. The summed E-state index contributed by atoms with van der Waals surface area (Å²) in [7, 11) is 3.98. The lowest BCUT2D eigenvalue weighted by Crippen LogP contribution is -2.45. The second-order valence-electron chi connectivity index (χ2n) is 6.58. The summed E-state index contributed by atoms with van der Waals surface area (Å²) in [6, 6.07) is 6.29. The van der Waals surface area contributed by atoms with Crippen LogP contribution in [0, 0.1) is 6.92 Å². The first-order valence-corrected chi connectivity index (χ1v) is 9.90. The number of rotatable bonds is 5. The van der Waals surface area contributed by atoms with Crippen LogP contribution in [0.4, 0.5) is 5.82 Å². The van der Waals surface area contributed by atoms with E-state index >= 15 is 0 Å². The van der Waals surface area contributed by atoms with Crippen molar-refractivity contribution in [3.63, 3.8) is 0 Å². The Hall–Kier alpha value is -2.12. The van der Waals surface area contributed by atoms with Crippen LogP contribution in [0.5, 0.6) is 0 Å². The molecule has 1 aliphatic rings. The lowest BCUT2D eigenvalue weighted by molar-refractivity contribution is 0.312. The van der Waals surface area contributed by atoms with Crippen LogP contribution in [0.1, 0.15) is 16.0 Å². The van der Waals surface area contributed by atoms with E-state index in [9.17, 15) is 0 Å². The average Bonchev–Trinajstić information content (AvgIpc) is 3.08. The Morgan fingerprint density at radius 3 is 2.65 bits per heavy atom. The van der Waals surface area contributed by atoms with E-state index in [4.69, 9.17) is 0 Å². The summed E-state index contributed by atoms with van der Waals surface area (Å²) in [4.78, 5) is 15.1. The van der Waals surface area contributed by atoms with Gasteiger partial charge in [0.25, 0.3) is 0 Å². The van der Waals surface area contributed by atoms with Crippen LogP contribution in [-0.2, 0) is 13.1 Å². The molecule has 1 aliphatic heterocycles. The van der Waals surface area contributed by atoms with Crippen LogP contribution in [0.25, 0.3) is 0 Å². The molecule has 26 heavy (non-hydrogen) atoms. The summed E-state index contributed by atoms with van der Waals surface area (Å²) >= 11 is 1.77. The summed E-state index contributed by atoms with van der Waals surface area (Å²) in [5, 5.41) is 8.94. The maximum Gasteiger partial charge on any atom is 0.191 e. The number of hydrogen-bond donors (Lipinski definition) is 2. The lowest BCUT2D eigenvalue weighted by Gasteiger charge is -2.34. The molecule has 2 aromatic rings. The number of likely N-dealkylation sites (N-methyl/N-ethyl adjacent to an activating group) is 1. The van der Waals surface area contributed by atoms with Gasteiger partial charge < -0.3 is 20.4 Å². The van der Waals surface area contributed by atoms with E-state index < -0.39 is 0 Å². The number of aryl methyl sites for hydroxylation is 1. The van der Waals surface area contributed by atoms with Gasteiger partial charge in [0, 0.05) is 56.4 Å². The topological polar surface area (TPSA) is 55.8 Å². The molecule has 3 heterocycles. The fraction of sp³-hybridized carbons (Fsp3) is 0.474. The number of pyridine rings is 1. The van der Waals surface area contributed by atoms with Crippen LogP contribution < -0.4 is 15.5 Å². The maximum absolute atomic E-state index is 4.64. The SMILES string of the molecule is CN=C(NCc1cccnc1N1CCN(C)CC1)NCc1sccc1C. The van der Waals surface area contributed by atoms with Crippen molar-refractivity contribution in [3.05, 3.63) is 45.8 Å². The lowest BCUT2D eigenvalue weighted by atomic mass is 10.2. The predicted octanol–water partition coefficient (Wildman–Crippen LogP) is 2.07. The van der Waals surface area contributed by atoms with Gasteiger partial charge in [0.15, 0.2) is 5.96 Å². The van der Waals surface area contributed by atoms with Crippen LogP contribution >= 0.6 is 11.3 Å². The third-order valence-electron chi connectivity index (χ3n) is 4.72. The molecule has 140 valence electrons. The van der Waals surface area contributed by atoms with Crippen molar-refractivity contribution in [1.82, 2.24) is 20.5 Å². The minimum Gasteiger partial charge on any atom is -0.354 e. The molecule has 1 saturated heterocycles. The van der Waals surface area contributed by atoms with E-state index in [1.165, 1.54) is 16.0 Å². The fourth-order valence-electron chi connectivity index (χ4n) is 3.02. The summed E-state index contributed by atoms with van der Waals surface area (Å²) in [5.74, 6) is 1.89. The van der Waals surface area contributed by atoms with Crippen molar-refractivity contribution in [3.8, 4) is 0 Å². The Bertz CT molecular complexity index is 733. The molecular weight excluding hydrogens is 344 g/mol. The third kappa shape index (κ3) is 4.74. The van der Waals surface area contributed by atoms with E-state index in [0.29, 0.717) is 6.54 Å². The molecule has 0 saturated carbocycles. The Labute approximate surface area is 160 Å². The molecule has 0 unspecified atom stereocenters. The highest BCUT2D eigenvalue weighted by Gasteiger charge is 2.18. The number of hydrogen-bond acceptors (Lipinski definition) is 5. The minimum atomic E-state index is 0.707. The van der Waals surface area contributed by atoms with Gasteiger partial charge in [-0.1, -0.05) is 6.07 Å². The first-order chi connectivity index (χ1) is 12.7. The van der Waals surface area contributed by atoms with E-state index in [-0.39, 0.29) is 0 Å². The van der Waals surface area contributed by atoms with Gasteiger partial charge >= 0.3 is 0 Å². The van der Waals surface area contributed by atoms with Crippen molar-refractivity contribution in [2.45, 2.75) is 20.0 Å². The van der Waals surface area contributed by atoms with Crippen LogP contribution in [-0.4, -0.2) is 56.1 Å². The third-order valence-corrected chi connectivity index (χ3v) is 5.75. The summed E-state index contributed by atoms with van der Waals surface area (Å²) in [6.45, 7) is 7.83. The van der Waals surface area contributed by atoms with E-state index in [0.717, 1.165) is 44.5 Å². The molecule has 0 aromatic carbocycles. The zero-order chi connectivity index (χ0) is 18.4. The summed E-state index contributed by atoms with van der Waals surface area (Å²) in [5.41, 5.74) is 2.52. The van der Waals surface area contributed by atoms with Gasteiger partial charge in [-0.25, -0.2) is 4.98 Å². The van der Waals surface area contributed by atoms with Crippen molar-refractivity contribution < 1.29 is 0 Å². The first kappa shape index (κ1) is 18.7. The van der Waals surface area contributed by atoms with E-state index in [1.807, 2.05) is 12.3 Å². The molecule has 7 heteroatoms. The zero-order valence-corrected chi connectivity index (χ0v) is 16.6.